The smallest absolute Gasteiger partial charge is 0.244 e. The van der Waals surface area contributed by atoms with Crippen LogP contribution in [0.3, 0.4) is 0 Å². The monoisotopic (exact) mass is 313 g/mol. The zero-order chi connectivity index (χ0) is 16.7. The quantitative estimate of drug-likeness (QED) is 0.451. The molecule has 2 rings (SSSR count). The number of carbonyl (C=O) groups excluding carboxylic acids is 1. The SMILES string of the molecule is O=C(/C=C/C=C/c1cc(O)c(O)cc1F)NCc1ccccc1. The summed E-state index contributed by atoms with van der Waals surface area (Å²) in [6.45, 7) is 0.425. The lowest BCUT2D eigenvalue weighted by atomic mass is 10.1. The van der Waals surface area contributed by atoms with Gasteiger partial charge in [-0.05, 0) is 11.6 Å². The van der Waals surface area contributed by atoms with Crippen molar-refractivity contribution >= 4 is 12.0 Å². The summed E-state index contributed by atoms with van der Waals surface area (Å²) in [7, 11) is 0. The number of nitrogens with one attached hydrogen (secondary N) is 1. The van der Waals surface area contributed by atoms with Crippen LogP contribution in [-0.2, 0) is 11.3 Å². The molecule has 0 radical (unpaired) electrons. The fraction of sp³-hybridized carbons (Fsp3) is 0.0556. The molecular formula is C18H16FNO3. The van der Waals surface area contributed by atoms with E-state index in [2.05, 4.69) is 5.32 Å². The van der Waals surface area contributed by atoms with E-state index < -0.39 is 17.3 Å². The Morgan fingerprint density at radius 3 is 2.52 bits per heavy atom. The van der Waals surface area contributed by atoms with Crippen molar-refractivity contribution in [2.75, 3.05) is 0 Å². The predicted octanol–water partition coefficient (Wildman–Crippen LogP) is 3.12. The molecule has 0 unspecified atom stereocenters. The first-order valence-electron chi connectivity index (χ1n) is 6.94. The summed E-state index contributed by atoms with van der Waals surface area (Å²) < 4.78 is 13.5. The summed E-state index contributed by atoms with van der Waals surface area (Å²) in [5.74, 6) is -1.86. The van der Waals surface area contributed by atoms with E-state index in [0.717, 1.165) is 17.7 Å². The number of benzene rings is 2. The van der Waals surface area contributed by atoms with Crippen LogP contribution in [0.2, 0.25) is 0 Å². The van der Waals surface area contributed by atoms with Gasteiger partial charge < -0.3 is 15.5 Å². The largest absolute Gasteiger partial charge is 0.504 e. The molecule has 2 aromatic carbocycles. The molecule has 1 amide bonds. The third-order valence-corrected chi connectivity index (χ3v) is 3.04. The molecule has 0 atom stereocenters. The van der Waals surface area contributed by atoms with Crippen LogP contribution in [0.5, 0.6) is 11.5 Å². The molecule has 0 aliphatic heterocycles. The Kier molecular flexibility index (Phi) is 5.52. The first-order valence-corrected chi connectivity index (χ1v) is 6.94. The van der Waals surface area contributed by atoms with Crippen molar-refractivity contribution in [2.45, 2.75) is 6.54 Å². The molecule has 4 nitrogen and oxygen atoms in total. The van der Waals surface area contributed by atoms with Crippen molar-refractivity contribution in [3.8, 4) is 11.5 Å². The van der Waals surface area contributed by atoms with Crippen LogP contribution in [0.4, 0.5) is 4.39 Å². The summed E-state index contributed by atoms with van der Waals surface area (Å²) >= 11 is 0. The maximum atomic E-state index is 13.5. The Hall–Kier alpha value is -3.08. The minimum absolute atomic E-state index is 0.106. The van der Waals surface area contributed by atoms with Gasteiger partial charge in [-0.3, -0.25) is 4.79 Å². The molecule has 0 fully saturated rings. The second kappa shape index (κ2) is 7.79. The fourth-order valence-electron chi connectivity index (χ4n) is 1.84. The van der Waals surface area contributed by atoms with E-state index in [4.69, 9.17) is 5.11 Å². The fourth-order valence-corrected chi connectivity index (χ4v) is 1.84. The van der Waals surface area contributed by atoms with Crippen LogP contribution in [0.1, 0.15) is 11.1 Å². The van der Waals surface area contributed by atoms with Crippen LogP contribution >= 0.6 is 0 Å². The molecular weight excluding hydrogens is 297 g/mol. The lowest BCUT2D eigenvalue weighted by molar-refractivity contribution is -0.116. The number of allylic oxidation sites excluding steroid dienone is 2. The van der Waals surface area contributed by atoms with Gasteiger partial charge in [-0.25, -0.2) is 4.39 Å². The van der Waals surface area contributed by atoms with E-state index in [-0.39, 0.29) is 11.5 Å². The van der Waals surface area contributed by atoms with Gasteiger partial charge in [0.15, 0.2) is 11.5 Å². The number of amides is 1. The number of carbonyl (C=O) groups is 1. The Labute approximate surface area is 133 Å². The van der Waals surface area contributed by atoms with E-state index in [9.17, 15) is 14.3 Å². The summed E-state index contributed by atoms with van der Waals surface area (Å²) in [6.07, 6.45) is 5.63. The third kappa shape index (κ3) is 5.00. The zero-order valence-corrected chi connectivity index (χ0v) is 12.2. The molecule has 3 N–H and O–H groups in total. The van der Waals surface area contributed by atoms with E-state index in [1.54, 1.807) is 0 Å². The molecule has 0 saturated heterocycles. The number of hydrogen-bond donors (Lipinski definition) is 3. The number of rotatable bonds is 5. The zero-order valence-electron chi connectivity index (χ0n) is 12.2. The third-order valence-electron chi connectivity index (χ3n) is 3.04. The second-order valence-electron chi connectivity index (χ2n) is 4.78. The van der Waals surface area contributed by atoms with Crippen LogP contribution < -0.4 is 5.32 Å². The molecule has 0 spiro atoms. The summed E-state index contributed by atoms with van der Waals surface area (Å²) in [5.41, 5.74) is 1.10. The van der Waals surface area contributed by atoms with Gasteiger partial charge in [-0.15, -0.1) is 0 Å². The van der Waals surface area contributed by atoms with Crippen molar-refractivity contribution in [1.82, 2.24) is 5.32 Å². The molecule has 0 aromatic heterocycles. The van der Waals surface area contributed by atoms with Crippen LogP contribution in [0, 0.1) is 5.82 Å². The summed E-state index contributed by atoms with van der Waals surface area (Å²) in [5, 5.41) is 21.2. The standard InChI is InChI=1S/C18H16FNO3/c19-15-11-17(22)16(21)10-14(15)8-4-5-9-18(23)20-12-13-6-2-1-3-7-13/h1-11,21-22H,12H2,(H,20,23)/b8-4+,9-5+. The Morgan fingerprint density at radius 2 is 1.78 bits per heavy atom. The lowest BCUT2D eigenvalue weighted by Crippen LogP contribution is -2.20. The van der Waals surface area contributed by atoms with Gasteiger partial charge in [0.25, 0.3) is 0 Å². The normalized spacial score (nSPS) is 11.2. The average Bonchev–Trinajstić information content (AvgIpc) is 2.55. The number of halogens is 1. The Balaban J connectivity index is 1.88. The molecule has 0 heterocycles. The Morgan fingerprint density at radius 1 is 1.09 bits per heavy atom. The van der Waals surface area contributed by atoms with Crippen LogP contribution in [0.15, 0.2) is 60.7 Å². The van der Waals surface area contributed by atoms with Crippen LogP contribution in [-0.4, -0.2) is 16.1 Å². The van der Waals surface area contributed by atoms with Gasteiger partial charge >= 0.3 is 0 Å². The molecule has 0 saturated carbocycles. The second-order valence-corrected chi connectivity index (χ2v) is 4.78. The number of phenols is 2. The minimum atomic E-state index is -0.668. The summed E-state index contributed by atoms with van der Waals surface area (Å²) in [4.78, 5) is 11.6. The maximum absolute atomic E-state index is 13.5. The van der Waals surface area contributed by atoms with Crippen molar-refractivity contribution < 1.29 is 19.4 Å². The van der Waals surface area contributed by atoms with Gasteiger partial charge in [0.05, 0.1) is 0 Å². The van der Waals surface area contributed by atoms with Crippen LogP contribution in [0.25, 0.3) is 6.08 Å². The average molecular weight is 313 g/mol. The van der Waals surface area contributed by atoms with E-state index in [0.29, 0.717) is 6.54 Å². The van der Waals surface area contributed by atoms with E-state index in [1.165, 1.54) is 24.3 Å². The van der Waals surface area contributed by atoms with E-state index >= 15 is 0 Å². The minimum Gasteiger partial charge on any atom is -0.504 e. The number of hydrogen-bond acceptors (Lipinski definition) is 3. The molecule has 0 aliphatic rings. The maximum Gasteiger partial charge on any atom is 0.244 e. The highest BCUT2D eigenvalue weighted by Crippen LogP contribution is 2.28. The topological polar surface area (TPSA) is 69.6 Å². The van der Waals surface area contributed by atoms with Gasteiger partial charge in [0.1, 0.15) is 5.82 Å². The van der Waals surface area contributed by atoms with Gasteiger partial charge in [0, 0.05) is 24.3 Å². The van der Waals surface area contributed by atoms with Gasteiger partial charge in [-0.2, -0.15) is 0 Å². The number of phenolic OH excluding ortho intramolecular Hbond substituents is 2. The first-order chi connectivity index (χ1) is 11.1. The molecule has 23 heavy (non-hydrogen) atoms. The van der Waals surface area contributed by atoms with E-state index in [1.807, 2.05) is 30.3 Å². The highest BCUT2D eigenvalue weighted by atomic mass is 19.1. The summed E-state index contributed by atoms with van der Waals surface area (Å²) in [6, 6.07) is 11.4. The lowest BCUT2D eigenvalue weighted by Gasteiger charge is -2.01. The molecule has 0 aliphatic carbocycles. The molecule has 0 bridgehead atoms. The molecule has 118 valence electrons. The predicted molar refractivity (Wildman–Crippen MR) is 86.2 cm³/mol. The van der Waals surface area contributed by atoms with Crippen molar-refractivity contribution in [1.29, 1.82) is 0 Å². The van der Waals surface area contributed by atoms with Gasteiger partial charge in [0.2, 0.25) is 5.91 Å². The molecule has 2 aromatic rings. The van der Waals surface area contributed by atoms with Crippen molar-refractivity contribution in [3.63, 3.8) is 0 Å². The van der Waals surface area contributed by atoms with Crippen molar-refractivity contribution in [2.24, 2.45) is 0 Å². The number of aromatic hydroxyl groups is 2. The Bertz CT molecular complexity index is 739. The van der Waals surface area contributed by atoms with Gasteiger partial charge in [-0.1, -0.05) is 48.6 Å². The van der Waals surface area contributed by atoms with Crippen molar-refractivity contribution in [3.05, 3.63) is 77.6 Å². The first kappa shape index (κ1) is 16.3. The molecule has 5 heteroatoms. The highest BCUT2D eigenvalue weighted by Gasteiger charge is 2.05. The highest BCUT2D eigenvalue weighted by molar-refractivity contribution is 5.87.